The summed E-state index contributed by atoms with van der Waals surface area (Å²) in [6.45, 7) is 11.2. The molecule has 0 aliphatic heterocycles. The Morgan fingerprint density at radius 1 is 1.12 bits per heavy atom. The Hall–Kier alpha value is -0.860. The third kappa shape index (κ3) is 5.85. The molecule has 2 heteroatoms. The molecule has 0 aliphatic rings. The Balaban J connectivity index is 2.58. The minimum Gasteiger partial charge on any atom is -0.371 e. The summed E-state index contributed by atoms with van der Waals surface area (Å²) < 4.78 is 5.84. The summed E-state index contributed by atoms with van der Waals surface area (Å²) in [5.74, 6) is 0. The van der Waals surface area contributed by atoms with Crippen LogP contribution in [0.25, 0.3) is 0 Å². The summed E-state index contributed by atoms with van der Waals surface area (Å²) in [4.78, 5) is 0. The summed E-state index contributed by atoms with van der Waals surface area (Å²) >= 11 is 0. The molecule has 0 aromatic heterocycles. The lowest BCUT2D eigenvalue weighted by Crippen LogP contribution is -2.20. The van der Waals surface area contributed by atoms with E-state index in [0.29, 0.717) is 6.61 Å². The van der Waals surface area contributed by atoms with E-state index in [2.05, 4.69) is 57.3 Å². The van der Waals surface area contributed by atoms with Gasteiger partial charge in [0.2, 0.25) is 0 Å². The predicted molar refractivity (Wildman–Crippen MR) is 73.2 cm³/mol. The van der Waals surface area contributed by atoms with Crippen molar-refractivity contribution in [3.63, 3.8) is 0 Å². The molecule has 0 saturated carbocycles. The van der Waals surface area contributed by atoms with Crippen molar-refractivity contribution in [2.24, 2.45) is 0 Å². The molecule has 0 amide bonds. The molecule has 0 fully saturated rings. The topological polar surface area (TPSA) is 21.3 Å². The van der Waals surface area contributed by atoms with Gasteiger partial charge in [-0.25, -0.2) is 0 Å². The Morgan fingerprint density at radius 2 is 1.76 bits per heavy atom. The summed E-state index contributed by atoms with van der Waals surface area (Å²) in [6.07, 6.45) is 1.07. The first-order valence-corrected chi connectivity index (χ1v) is 6.44. The average Bonchev–Trinajstić information content (AvgIpc) is 2.27. The van der Waals surface area contributed by atoms with Crippen LogP contribution in [0, 0.1) is 0 Å². The molecule has 1 aromatic carbocycles. The summed E-state index contributed by atoms with van der Waals surface area (Å²) in [7, 11) is 0. The number of benzene rings is 1. The molecule has 0 atom stereocenters. The van der Waals surface area contributed by atoms with E-state index in [1.165, 1.54) is 11.1 Å². The Labute approximate surface area is 105 Å². The maximum atomic E-state index is 5.84. The van der Waals surface area contributed by atoms with E-state index in [1.807, 2.05) is 0 Å². The standard InChI is InChI=1S/C15H25NO/c1-5-16-11-10-13-8-6-7-9-14(13)12-17-15(2,3)4/h6-9,16H,5,10-12H2,1-4H3. The van der Waals surface area contributed by atoms with Crippen molar-refractivity contribution in [2.45, 2.75) is 46.3 Å². The molecular weight excluding hydrogens is 210 g/mol. The fraction of sp³-hybridized carbons (Fsp3) is 0.600. The highest BCUT2D eigenvalue weighted by molar-refractivity contribution is 5.26. The number of nitrogens with one attached hydrogen (secondary N) is 1. The van der Waals surface area contributed by atoms with Crippen LogP contribution < -0.4 is 5.32 Å². The zero-order valence-corrected chi connectivity index (χ0v) is 11.5. The lowest BCUT2D eigenvalue weighted by molar-refractivity contribution is -0.0152. The molecule has 0 radical (unpaired) electrons. The molecule has 1 rings (SSSR count). The molecule has 0 spiro atoms. The van der Waals surface area contributed by atoms with Crippen LogP contribution in [-0.2, 0) is 17.8 Å². The fourth-order valence-electron chi connectivity index (χ4n) is 1.64. The van der Waals surface area contributed by atoms with Crippen LogP contribution in [0.15, 0.2) is 24.3 Å². The largest absolute Gasteiger partial charge is 0.371 e. The zero-order valence-electron chi connectivity index (χ0n) is 11.5. The average molecular weight is 235 g/mol. The first-order chi connectivity index (χ1) is 8.03. The van der Waals surface area contributed by atoms with Crippen LogP contribution in [0.4, 0.5) is 0 Å². The van der Waals surface area contributed by atoms with Gasteiger partial charge in [0.25, 0.3) is 0 Å². The Kier molecular flexibility index (Phi) is 5.66. The molecule has 1 N–H and O–H groups in total. The first-order valence-electron chi connectivity index (χ1n) is 6.44. The van der Waals surface area contributed by atoms with Crippen LogP contribution in [0.5, 0.6) is 0 Å². The van der Waals surface area contributed by atoms with E-state index in [0.717, 1.165) is 19.5 Å². The van der Waals surface area contributed by atoms with Gasteiger partial charge in [-0.15, -0.1) is 0 Å². The molecule has 0 saturated heterocycles. The smallest absolute Gasteiger partial charge is 0.0726 e. The molecule has 0 aliphatic carbocycles. The second kappa shape index (κ2) is 6.77. The quantitative estimate of drug-likeness (QED) is 0.765. The third-order valence-electron chi connectivity index (χ3n) is 2.60. The lowest BCUT2D eigenvalue weighted by Gasteiger charge is -2.20. The number of rotatable bonds is 6. The van der Waals surface area contributed by atoms with Gasteiger partial charge in [-0.2, -0.15) is 0 Å². The van der Waals surface area contributed by atoms with Gasteiger partial charge in [0.05, 0.1) is 12.2 Å². The highest BCUT2D eigenvalue weighted by atomic mass is 16.5. The number of likely N-dealkylation sites (N-methyl/N-ethyl adjacent to an activating group) is 1. The number of hydrogen-bond acceptors (Lipinski definition) is 2. The molecule has 1 aromatic rings. The summed E-state index contributed by atoms with van der Waals surface area (Å²) in [6, 6.07) is 8.53. The van der Waals surface area contributed by atoms with Crippen LogP contribution in [0.3, 0.4) is 0 Å². The van der Waals surface area contributed by atoms with Crippen molar-refractivity contribution in [3.05, 3.63) is 35.4 Å². The van der Waals surface area contributed by atoms with Crippen molar-refractivity contribution in [1.82, 2.24) is 5.32 Å². The van der Waals surface area contributed by atoms with Crippen molar-refractivity contribution in [3.8, 4) is 0 Å². The SMILES string of the molecule is CCNCCc1ccccc1COC(C)(C)C. The van der Waals surface area contributed by atoms with Crippen LogP contribution in [-0.4, -0.2) is 18.7 Å². The van der Waals surface area contributed by atoms with E-state index < -0.39 is 0 Å². The fourth-order valence-corrected chi connectivity index (χ4v) is 1.64. The Morgan fingerprint density at radius 3 is 2.35 bits per heavy atom. The molecule has 96 valence electrons. The zero-order chi connectivity index (χ0) is 12.7. The molecule has 17 heavy (non-hydrogen) atoms. The third-order valence-corrected chi connectivity index (χ3v) is 2.60. The minimum atomic E-state index is -0.0746. The van der Waals surface area contributed by atoms with Gasteiger partial charge in [-0.3, -0.25) is 0 Å². The van der Waals surface area contributed by atoms with Crippen molar-refractivity contribution in [2.75, 3.05) is 13.1 Å². The molecular formula is C15H25NO. The van der Waals surface area contributed by atoms with Gasteiger partial charge in [0, 0.05) is 0 Å². The monoisotopic (exact) mass is 235 g/mol. The van der Waals surface area contributed by atoms with E-state index in [4.69, 9.17) is 4.74 Å². The maximum absolute atomic E-state index is 5.84. The number of hydrogen-bond donors (Lipinski definition) is 1. The second-order valence-electron chi connectivity index (χ2n) is 5.27. The van der Waals surface area contributed by atoms with Gasteiger partial charge in [0.1, 0.15) is 0 Å². The molecule has 0 heterocycles. The van der Waals surface area contributed by atoms with Gasteiger partial charge in [-0.1, -0.05) is 31.2 Å². The van der Waals surface area contributed by atoms with Crippen LogP contribution in [0.2, 0.25) is 0 Å². The Bertz CT molecular complexity index is 328. The lowest BCUT2D eigenvalue weighted by atomic mass is 10.0. The maximum Gasteiger partial charge on any atom is 0.0726 e. The van der Waals surface area contributed by atoms with E-state index in [1.54, 1.807) is 0 Å². The van der Waals surface area contributed by atoms with Crippen molar-refractivity contribution < 1.29 is 4.74 Å². The van der Waals surface area contributed by atoms with E-state index >= 15 is 0 Å². The minimum absolute atomic E-state index is 0.0746. The van der Waals surface area contributed by atoms with Crippen molar-refractivity contribution in [1.29, 1.82) is 0 Å². The first kappa shape index (κ1) is 14.2. The second-order valence-corrected chi connectivity index (χ2v) is 5.27. The van der Waals surface area contributed by atoms with Gasteiger partial charge in [0.15, 0.2) is 0 Å². The van der Waals surface area contributed by atoms with Crippen LogP contribution >= 0.6 is 0 Å². The highest BCUT2D eigenvalue weighted by Gasteiger charge is 2.11. The summed E-state index contributed by atoms with van der Waals surface area (Å²) in [5, 5.41) is 3.36. The van der Waals surface area contributed by atoms with Crippen LogP contribution in [0.1, 0.15) is 38.8 Å². The number of ether oxygens (including phenoxy) is 1. The molecule has 0 bridgehead atoms. The van der Waals surface area contributed by atoms with E-state index in [9.17, 15) is 0 Å². The predicted octanol–water partition coefficient (Wildman–Crippen LogP) is 3.15. The van der Waals surface area contributed by atoms with Crippen molar-refractivity contribution >= 4 is 0 Å². The molecule has 0 unspecified atom stereocenters. The van der Waals surface area contributed by atoms with Gasteiger partial charge in [-0.05, 0) is 51.4 Å². The van der Waals surface area contributed by atoms with Gasteiger partial charge >= 0.3 is 0 Å². The summed E-state index contributed by atoms with van der Waals surface area (Å²) in [5.41, 5.74) is 2.62. The molecule has 2 nitrogen and oxygen atoms in total. The van der Waals surface area contributed by atoms with E-state index in [-0.39, 0.29) is 5.60 Å². The highest BCUT2D eigenvalue weighted by Crippen LogP contribution is 2.15. The van der Waals surface area contributed by atoms with Gasteiger partial charge < -0.3 is 10.1 Å². The normalized spacial score (nSPS) is 11.8.